The van der Waals surface area contributed by atoms with Gasteiger partial charge in [-0.25, -0.2) is 9.97 Å². The van der Waals surface area contributed by atoms with Gasteiger partial charge in [0.25, 0.3) is 0 Å². The molecule has 3 rings (SSSR count). The lowest BCUT2D eigenvalue weighted by molar-refractivity contribution is 0.385. The number of allylic oxidation sites excluding steroid dienone is 1. The maximum Gasteiger partial charge on any atom is 0.187 e. The molecule has 0 saturated carbocycles. The molecule has 0 amide bonds. The third kappa shape index (κ3) is 2.56. The molecule has 106 valence electrons. The van der Waals surface area contributed by atoms with Gasteiger partial charge in [-0.3, -0.25) is 0 Å². The van der Waals surface area contributed by atoms with Crippen molar-refractivity contribution in [2.75, 3.05) is 6.26 Å². The largest absolute Gasteiger partial charge is 0.360 e. The first-order valence-corrected chi connectivity index (χ1v) is 7.84. The topological polar surface area (TPSA) is 51.8 Å². The first kappa shape index (κ1) is 13.8. The van der Waals surface area contributed by atoms with Crippen LogP contribution in [0, 0.1) is 0 Å². The van der Waals surface area contributed by atoms with Crippen LogP contribution in [0.5, 0.6) is 0 Å². The average molecular weight is 297 g/mol. The van der Waals surface area contributed by atoms with Gasteiger partial charge in [0.1, 0.15) is 5.52 Å². The Kier molecular flexibility index (Phi) is 3.75. The van der Waals surface area contributed by atoms with Crippen LogP contribution in [0.15, 0.2) is 52.8 Å². The number of fused-ring (bicyclic) bond motifs is 1. The van der Waals surface area contributed by atoms with E-state index in [1.807, 2.05) is 37.5 Å². The maximum absolute atomic E-state index is 5.45. The molecule has 5 heteroatoms. The van der Waals surface area contributed by atoms with Crippen LogP contribution < -0.4 is 0 Å². The Morgan fingerprint density at radius 3 is 2.95 bits per heavy atom. The molecule has 1 unspecified atom stereocenters. The third-order valence-corrected chi connectivity index (χ3v) is 3.95. The van der Waals surface area contributed by atoms with Gasteiger partial charge in [-0.15, -0.1) is 6.58 Å². The second-order valence-electron chi connectivity index (χ2n) is 4.73. The van der Waals surface area contributed by atoms with E-state index in [2.05, 4.69) is 27.8 Å². The van der Waals surface area contributed by atoms with Crippen molar-refractivity contribution in [3.8, 4) is 11.3 Å². The van der Waals surface area contributed by atoms with E-state index in [0.717, 1.165) is 33.1 Å². The van der Waals surface area contributed by atoms with Crippen molar-refractivity contribution < 1.29 is 4.52 Å². The minimum atomic E-state index is 0.123. The lowest BCUT2D eigenvalue weighted by Gasteiger charge is -2.04. The Hall–Kier alpha value is -2.14. The van der Waals surface area contributed by atoms with E-state index in [1.54, 1.807) is 6.20 Å². The van der Waals surface area contributed by atoms with Crippen molar-refractivity contribution in [3.05, 3.63) is 48.9 Å². The highest BCUT2D eigenvalue weighted by Crippen LogP contribution is 2.30. The zero-order valence-corrected chi connectivity index (χ0v) is 12.7. The van der Waals surface area contributed by atoms with Crippen molar-refractivity contribution in [2.45, 2.75) is 18.0 Å². The number of thioether (sulfide) groups is 1. The summed E-state index contributed by atoms with van der Waals surface area (Å²) in [4.78, 5) is 8.73. The second kappa shape index (κ2) is 5.69. The van der Waals surface area contributed by atoms with E-state index >= 15 is 0 Å². The highest BCUT2D eigenvalue weighted by molar-refractivity contribution is 7.98. The summed E-state index contributed by atoms with van der Waals surface area (Å²) in [5, 5.41) is 5.86. The number of aromatic nitrogens is 3. The number of nitrogens with zero attached hydrogens (tertiary/aromatic N) is 3. The first-order valence-electron chi connectivity index (χ1n) is 6.62. The summed E-state index contributed by atoms with van der Waals surface area (Å²) in [6.07, 6.45) is 5.59. The van der Waals surface area contributed by atoms with E-state index in [4.69, 9.17) is 4.52 Å². The standard InChI is InChI=1S/C16H15N3OS/c1-4-10(2)15-12-9-11(5-6-14(12)19-20-15)13-7-8-17-16(18-13)21-3/h4-10H,1H2,2-3H3. The fraction of sp³-hybridized carbons (Fsp3) is 0.188. The smallest absolute Gasteiger partial charge is 0.187 e. The third-order valence-electron chi connectivity index (χ3n) is 3.38. The molecule has 4 nitrogen and oxygen atoms in total. The Balaban J connectivity index is 2.13. The summed E-state index contributed by atoms with van der Waals surface area (Å²) in [5.41, 5.74) is 2.78. The molecule has 0 saturated heterocycles. The summed E-state index contributed by atoms with van der Waals surface area (Å²) >= 11 is 1.53. The summed E-state index contributed by atoms with van der Waals surface area (Å²) in [7, 11) is 0. The molecular weight excluding hydrogens is 282 g/mol. The SMILES string of the molecule is C=CC(C)c1onc2ccc(-c3ccnc(SC)n3)cc12. The minimum absolute atomic E-state index is 0.123. The van der Waals surface area contributed by atoms with Gasteiger partial charge in [0.15, 0.2) is 10.9 Å². The van der Waals surface area contributed by atoms with E-state index in [1.165, 1.54) is 11.8 Å². The van der Waals surface area contributed by atoms with Crippen LogP contribution >= 0.6 is 11.8 Å². The number of rotatable bonds is 4. The van der Waals surface area contributed by atoms with Gasteiger partial charge in [0, 0.05) is 23.1 Å². The van der Waals surface area contributed by atoms with Crippen molar-refractivity contribution >= 4 is 22.7 Å². The lowest BCUT2D eigenvalue weighted by Crippen LogP contribution is -1.90. The monoisotopic (exact) mass is 297 g/mol. The van der Waals surface area contributed by atoms with Crippen LogP contribution in [0.4, 0.5) is 0 Å². The molecule has 21 heavy (non-hydrogen) atoms. The summed E-state index contributed by atoms with van der Waals surface area (Å²) in [6, 6.07) is 7.92. The summed E-state index contributed by atoms with van der Waals surface area (Å²) in [5.74, 6) is 0.957. The predicted octanol–water partition coefficient (Wildman–Crippen LogP) is 4.30. The number of hydrogen-bond donors (Lipinski definition) is 0. The first-order chi connectivity index (χ1) is 10.2. The van der Waals surface area contributed by atoms with E-state index < -0.39 is 0 Å². The molecule has 0 aliphatic carbocycles. The molecule has 1 atom stereocenters. The van der Waals surface area contributed by atoms with Crippen LogP contribution in [-0.2, 0) is 0 Å². The fourth-order valence-electron chi connectivity index (χ4n) is 2.16. The van der Waals surface area contributed by atoms with Crippen LogP contribution in [0.3, 0.4) is 0 Å². The molecule has 0 fully saturated rings. The van der Waals surface area contributed by atoms with E-state index in [-0.39, 0.29) is 5.92 Å². The number of hydrogen-bond acceptors (Lipinski definition) is 5. The van der Waals surface area contributed by atoms with Crippen molar-refractivity contribution in [1.82, 2.24) is 15.1 Å². The second-order valence-corrected chi connectivity index (χ2v) is 5.51. The predicted molar refractivity (Wildman–Crippen MR) is 85.4 cm³/mol. The summed E-state index contributed by atoms with van der Waals surface area (Å²) in [6.45, 7) is 5.85. The minimum Gasteiger partial charge on any atom is -0.360 e. The molecule has 0 aliphatic rings. The van der Waals surface area contributed by atoms with Crippen molar-refractivity contribution in [1.29, 1.82) is 0 Å². The highest BCUT2D eigenvalue weighted by atomic mass is 32.2. The normalized spacial score (nSPS) is 12.5. The van der Waals surface area contributed by atoms with Crippen molar-refractivity contribution in [2.24, 2.45) is 0 Å². The van der Waals surface area contributed by atoms with Crippen molar-refractivity contribution in [3.63, 3.8) is 0 Å². The van der Waals surface area contributed by atoms with Gasteiger partial charge >= 0.3 is 0 Å². The van der Waals surface area contributed by atoms with Gasteiger partial charge < -0.3 is 4.52 Å². The Morgan fingerprint density at radius 1 is 1.33 bits per heavy atom. The Morgan fingerprint density at radius 2 is 2.19 bits per heavy atom. The van der Waals surface area contributed by atoms with Gasteiger partial charge in [0.2, 0.25) is 0 Å². The fourth-order valence-corrected chi connectivity index (χ4v) is 2.51. The molecule has 2 heterocycles. The molecular formula is C16H15N3OS. The zero-order chi connectivity index (χ0) is 14.8. The summed E-state index contributed by atoms with van der Waals surface area (Å²) < 4.78 is 5.45. The molecule has 0 radical (unpaired) electrons. The van der Waals surface area contributed by atoms with Gasteiger partial charge in [-0.05, 0) is 24.5 Å². The molecule has 3 aromatic rings. The Labute approximate surface area is 127 Å². The highest BCUT2D eigenvalue weighted by Gasteiger charge is 2.14. The molecule has 1 aromatic carbocycles. The van der Waals surface area contributed by atoms with E-state index in [0.29, 0.717) is 0 Å². The molecule has 2 aromatic heterocycles. The van der Waals surface area contributed by atoms with Gasteiger partial charge in [-0.2, -0.15) is 0 Å². The van der Waals surface area contributed by atoms with Gasteiger partial charge in [0.05, 0.1) is 5.69 Å². The maximum atomic E-state index is 5.45. The molecule has 0 spiro atoms. The van der Waals surface area contributed by atoms with Crippen LogP contribution in [0.2, 0.25) is 0 Å². The zero-order valence-electron chi connectivity index (χ0n) is 11.9. The average Bonchev–Trinajstić information content (AvgIpc) is 2.97. The Bertz CT molecular complexity index is 797. The van der Waals surface area contributed by atoms with E-state index in [9.17, 15) is 0 Å². The number of benzene rings is 1. The van der Waals surface area contributed by atoms with Gasteiger partial charge in [-0.1, -0.05) is 36.0 Å². The van der Waals surface area contributed by atoms with Crippen LogP contribution in [0.25, 0.3) is 22.2 Å². The van der Waals surface area contributed by atoms with Crippen LogP contribution in [0.1, 0.15) is 18.6 Å². The quantitative estimate of drug-likeness (QED) is 0.408. The molecule has 0 bridgehead atoms. The molecule has 0 aliphatic heterocycles. The van der Waals surface area contributed by atoms with Crippen LogP contribution in [-0.4, -0.2) is 21.4 Å². The molecule has 0 N–H and O–H groups in total. The lowest BCUT2D eigenvalue weighted by atomic mass is 10.0.